The van der Waals surface area contributed by atoms with E-state index in [2.05, 4.69) is 14.7 Å². The van der Waals surface area contributed by atoms with Gasteiger partial charge in [0, 0.05) is 17.4 Å². The van der Waals surface area contributed by atoms with Gasteiger partial charge in [-0.3, -0.25) is 0 Å². The van der Waals surface area contributed by atoms with E-state index >= 15 is 0 Å². The first-order chi connectivity index (χ1) is 9.58. The third-order valence-electron chi connectivity index (χ3n) is 3.11. The molecule has 2 aromatic rings. The maximum absolute atomic E-state index is 12.4. The molecule has 20 heavy (non-hydrogen) atoms. The first kappa shape index (κ1) is 13.3. The maximum Gasteiger partial charge on any atom is 0.387 e. The topological polar surface area (TPSA) is 44.2 Å². The molecule has 1 heterocycles. The number of benzene rings is 1. The Kier molecular flexibility index (Phi) is 3.33. The van der Waals surface area contributed by atoms with Gasteiger partial charge in [0.1, 0.15) is 11.0 Å². The molecule has 0 atom stereocenters. The Labute approximate surface area is 118 Å². The molecule has 1 aromatic heterocycles. The number of halogens is 3. The van der Waals surface area contributed by atoms with Crippen molar-refractivity contribution in [1.29, 1.82) is 0 Å². The van der Waals surface area contributed by atoms with E-state index in [4.69, 9.17) is 16.3 Å². The van der Waals surface area contributed by atoms with E-state index in [1.165, 1.54) is 19.2 Å². The van der Waals surface area contributed by atoms with Crippen LogP contribution >= 0.6 is 11.6 Å². The minimum absolute atomic E-state index is 0.0634. The number of alkyl halides is 2. The van der Waals surface area contributed by atoms with Crippen molar-refractivity contribution >= 4 is 22.5 Å². The molecule has 0 unspecified atom stereocenters. The van der Waals surface area contributed by atoms with Crippen LogP contribution in [0.25, 0.3) is 10.9 Å². The Morgan fingerprint density at radius 2 is 2.00 bits per heavy atom. The Bertz CT molecular complexity index is 662. The van der Waals surface area contributed by atoms with E-state index in [0.717, 1.165) is 12.8 Å². The van der Waals surface area contributed by atoms with Crippen molar-refractivity contribution in [1.82, 2.24) is 9.97 Å². The van der Waals surface area contributed by atoms with Crippen LogP contribution in [0.2, 0.25) is 5.15 Å². The van der Waals surface area contributed by atoms with E-state index in [1.54, 1.807) is 0 Å². The number of aromatic nitrogens is 2. The number of nitrogens with zero attached hydrogens (tertiary/aromatic N) is 2. The Balaban J connectivity index is 2.14. The second-order valence-corrected chi connectivity index (χ2v) is 4.90. The number of hydrogen-bond donors (Lipinski definition) is 0. The van der Waals surface area contributed by atoms with Crippen molar-refractivity contribution < 1.29 is 18.3 Å². The Morgan fingerprint density at radius 1 is 1.25 bits per heavy atom. The average molecular weight is 301 g/mol. The summed E-state index contributed by atoms with van der Waals surface area (Å²) in [6.45, 7) is -2.93. The predicted molar refractivity (Wildman–Crippen MR) is 69.7 cm³/mol. The van der Waals surface area contributed by atoms with Crippen LogP contribution in [0.4, 0.5) is 8.78 Å². The summed E-state index contributed by atoms with van der Waals surface area (Å²) in [4.78, 5) is 8.60. The van der Waals surface area contributed by atoms with Gasteiger partial charge in [-0.15, -0.1) is 0 Å². The smallest absolute Gasteiger partial charge is 0.387 e. The van der Waals surface area contributed by atoms with E-state index in [0.29, 0.717) is 27.8 Å². The van der Waals surface area contributed by atoms with Crippen LogP contribution in [-0.2, 0) is 0 Å². The van der Waals surface area contributed by atoms with E-state index < -0.39 is 6.61 Å². The Morgan fingerprint density at radius 3 is 2.60 bits per heavy atom. The second-order valence-electron chi connectivity index (χ2n) is 4.55. The Hall–Kier alpha value is -1.69. The zero-order chi connectivity index (χ0) is 14.3. The molecule has 1 aliphatic carbocycles. The molecule has 0 saturated heterocycles. The normalized spacial score (nSPS) is 14.8. The molecule has 0 radical (unpaired) electrons. The highest BCUT2D eigenvalue weighted by molar-refractivity contribution is 6.34. The summed E-state index contributed by atoms with van der Waals surface area (Å²) in [5.41, 5.74) is 0.475. The second kappa shape index (κ2) is 5.01. The molecular formula is C13H11ClF2N2O2. The minimum Gasteiger partial charge on any atom is -0.493 e. The van der Waals surface area contributed by atoms with Gasteiger partial charge in [0.2, 0.25) is 0 Å². The summed E-state index contributed by atoms with van der Waals surface area (Å²) >= 11 is 6.13. The van der Waals surface area contributed by atoms with Crippen molar-refractivity contribution in [3.63, 3.8) is 0 Å². The molecule has 1 aliphatic rings. The molecule has 106 valence electrons. The van der Waals surface area contributed by atoms with Gasteiger partial charge in [-0.25, -0.2) is 9.97 Å². The SMILES string of the molecule is COc1cc2c(Cl)nc(C3CC3)nc2cc1OC(F)F. The number of fused-ring (bicyclic) bond motifs is 1. The standard InChI is InChI=1S/C13H11ClF2N2O2/c1-19-9-4-7-8(5-10(9)20-13(15)16)17-12(6-2-3-6)18-11(7)14/h4-6,13H,2-3H2,1H3. The van der Waals surface area contributed by atoms with Gasteiger partial charge in [0.15, 0.2) is 11.5 Å². The highest BCUT2D eigenvalue weighted by atomic mass is 35.5. The van der Waals surface area contributed by atoms with Gasteiger partial charge >= 0.3 is 6.61 Å². The van der Waals surface area contributed by atoms with Crippen molar-refractivity contribution in [3.05, 3.63) is 23.1 Å². The minimum atomic E-state index is -2.93. The zero-order valence-electron chi connectivity index (χ0n) is 10.6. The van der Waals surface area contributed by atoms with Crippen LogP contribution in [0.1, 0.15) is 24.6 Å². The van der Waals surface area contributed by atoms with Crippen LogP contribution in [0, 0.1) is 0 Å². The van der Waals surface area contributed by atoms with Crippen molar-refractivity contribution in [2.24, 2.45) is 0 Å². The lowest BCUT2D eigenvalue weighted by Crippen LogP contribution is -2.04. The fourth-order valence-corrected chi connectivity index (χ4v) is 2.23. The summed E-state index contributed by atoms with van der Waals surface area (Å²) in [5.74, 6) is 1.07. The quantitative estimate of drug-likeness (QED) is 0.806. The van der Waals surface area contributed by atoms with Gasteiger partial charge in [-0.05, 0) is 18.9 Å². The van der Waals surface area contributed by atoms with Gasteiger partial charge in [-0.1, -0.05) is 11.6 Å². The lowest BCUT2D eigenvalue weighted by molar-refractivity contribution is -0.0511. The molecule has 0 N–H and O–H groups in total. The lowest BCUT2D eigenvalue weighted by Gasteiger charge is -2.12. The van der Waals surface area contributed by atoms with Crippen molar-refractivity contribution in [3.8, 4) is 11.5 Å². The van der Waals surface area contributed by atoms with Crippen LogP contribution in [0.5, 0.6) is 11.5 Å². The van der Waals surface area contributed by atoms with Crippen molar-refractivity contribution in [2.75, 3.05) is 7.11 Å². The molecule has 3 rings (SSSR count). The molecule has 0 aliphatic heterocycles. The van der Waals surface area contributed by atoms with Crippen LogP contribution in [0.3, 0.4) is 0 Å². The highest BCUT2D eigenvalue weighted by Gasteiger charge is 2.27. The zero-order valence-corrected chi connectivity index (χ0v) is 11.3. The molecular weight excluding hydrogens is 290 g/mol. The predicted octanol–water partition coefficient (Wildman–Crippen LogP) is 3.77. The molecule has 1 saturated carbocycles. The molecule has 1 aromatic carbocycles. The van der Waals surface area contributed by atoms with E-state index in [9.17, 15) is 8.78 Å². The summed E-state index contributed by atoms with van der Waals surface area (Å²) in [6.07, 6.45) is 2.05. The number of rotatable bonds is 4. The van der Waals surface area contributed by atoms with Gasteiger partial charge in [-0.2, -0.15) is 8.78 Å². The largest absolute Gasteiger partial charge is 0.493 e. The molecule has 1 fully saturated rings. The monoisotopic (exact) mass is 300 g/mol. The van der Waals surface area contributed by atoms with E-state index in [-0.39, 0.29) is 11.5 Å². The fraction of sp³-hybridized carbons (Fsp3) is 0.385. The van der Waals surface area contributed by atoms with E-state index in [1.807, 2.05) is 0 Å². The highest BCUT2D eigenvalue weighted by Crippen LogP contribution is 2.41. The number of ether oxygens (including phenoxy) is 2. The van der Waals surface area contributed by atoms with Crippen molar-refractivity contribution in [2.45, 2.75) is 25.4 Å². The maximum atomic E-state index is 12.4. The molecule has 4 nitrogen and oxygen atoms in total. The van der Waals surface area contributed by atoms with Crippen LogP contribution in [0.15, 0.2) is 12.1 Å². The number of methoxy groups -OCH3 is 1. The molecule has 0 bridgehead atoms. The van der Waals surface area contributed by atoms with Gasteiger partial charge < -0.3 is 9.47 Å². The van der Waals surface area contributed by atoms with Crippen LogP contribution in [-0.4, -0.2) is 23.7 Å². The molecule has 0 spiro atoms. The molecule has 7 heteroatoms. The third-order valence-corrected chi connectivity index (χ3v) is 3.40. The first-order valence-corrected chi connectivity index (χ1v) is 6.46. The molecule has 0 amide bonds. The van der Waals surface area contributed by atoms with Gasteiger partial charge in [0.25, 0.3) is 0 Å². The number of hydrogen-bond acceptors (Lipinski definition) is 4. The lowest BCUT2D eigenvalue weighted by atomic mass is 10.2. The van der Waals surface area contributed by atoms with Crippen LogP contribution < -0.4 is 9.47 Å². The summed E-state index contributed by atoms with van der Waals surface area (Å²) in [5, 5.41) is 0.841. The first-order valence-electron chi connectivity index (χ1n) is 6.08. The van der Waals surface area contributed by atoms with Gasteiger partial charge in [0.05, 0.1) is 12.6 Å². The third kappa shape index (κ3) is 2.47. The summed E-state index contributed by atoms with van der Waals surface area (Å²) in [6, 6.07) is 2.91. The summed E-state index contributed by atoms with van der Waals surface area (Å²) < 4.78 is 34.3. The fourth-order valence-electron chi connectivity index (χ4n) is 1.99. The summed E-state index contributed by atoms with van der Waals surface area (Å²) in [7, 11) is 1.37. The average Bonchev–Trinajstić information content (AvgIpc) is 3.21.